The Bertz CT molecular complexity index is 4840. The third-order valence-corrected chi connectivity index (χ3v) is 8.91. The van der Waals surface area contributed by atoms with E-state index in [4.69, 9.17) is 30.5 Å². The van der Waals surface area contributed by atoms with Crippen LogP contribution >= 0.6 is 0 Å². The van der Waals surface area contributed by atoms with Gasteiger partial charge in [0.15, 0.2) is 0 Å². The van der Waals surface area contributed by atoms with Crippen molar-refractivity contribution >= 4 is 75.8 Å². The molecule has 1 heterocycles. The molecule has 0 saturated heterocycles. The Morgan fingerprint density at radius 1 is 0.404 bits per heavy atom. The highest BCUT2D eigenvalue weighted by Crippen LogP contribution is 2.43. The van der Waals surface area contributed by atoms with Gasteiger partial charge in [0.2, 0.25) is 0 Å². The van der Waals surface area contributed by atoms with Crippen LogP contribution in [-0.2, 0) is 6.42 Å². The molecule has 242 valence electrons. The Morgan fingerprint density at radius 3 is 1.71 bits per heavy atom. The van der Waals surface area contributed by atoms with Gasteiger partial charge in [0, 0.05) is 16.2 Å². The molecule has 0 spiro atoms. The Morgan fingerprint density at radius 2 is 0.981 bits per heavy atom. The molecule has 0 aliphatic heterocycles. The average molecular weight is 691 g/mol. The summed E-state index contributed by atoms with van der Waals surface area (Å²) in [5.74, 6) is 0. The van der Waals surface area contributed by atoms with E-state index in [-0.39, 0.29) is 5.39 Å². The first-order chi connectivity index (χ1) is 38.3. The molecule has 52 heavy (non-hydrogen) atoms. The van der Waals surface area contributed by atoms with Crippen LogP contribution in [0.4, 0.5) is 0 Å². The molecule has 0 bridgehead atoms. The first kappa shape index (κ1) is 12.2. The zero-order chi connectivity index (χ0) is 60.3. The second kappa shape index (κ2) is 11.4. The molecular weight excluding hydrogens is 629 g/mol. The summed E-state index contributed by atoms with van der Waals surface area (Å²) < 4.78 is 277. The van der Waals surface area contributed by atoms with Crippen molar-refractivity contribution in [2.45, 2.75) is 6.42 Å². The molecular formula is C51H32O. The summed E-state index contributed by atoms with van der Waals surface area (Å²) in [7, 11) is 0. The van der Waals surface area contributed by atoms with Crippen LogP contribution in [0.5, 0.6) is 0 Å². The van der Waals surface area contributed by atoms with Crippen molar-refractivity contribution in [3.8, 4) is 22.3 Å². The van der Waals surface area contributed by atoms with Crippen molar-refractivity contribution in [2.75, 3.05) is 0 Å². The topological polar surface area (TPSA) is 13.1 Å². The van der Waals surface area contributed by atoms with Crippen molar-refractivity contribution in [3.05, 3.63) is 192 Å². The van der Waals surface area contributed by atoms with Gasteiger partial charge in [-0.05, 0) is 106 Å². The molecule has 11 aromatic rings. The summed E-state index contributed by atoms with van der Waals surface area (Å²) in [5.41, 5.74) is -5.04. The van der Waals surface area contributed by atoms with Gasteiger partial charge in [0.25, 0.3) is 0 Å². The van der Waals surface area contributed by atoms with Crippen LogP contribution in [0.1, 0.15) is 52.2 Å². The molecule has 0 fully saturated rings. The van der Waals surface area contributed by atoms with Crippen molar-refractivity contribution < 1.29 is 45.5 Å². The lowest BCUT2D eigenvalue weighted by Crippen LogP contribution is -1.96. The van der Waals surface area contributed by atoms with E-state index in [0.717, 1.165) is 0 Å². The highest BCUT2D eigenvalue weighted by atomic mass is 16.3. The highest BCUT2D eigenvalue weighted by Gasteiger charge is 2.19. The first-order valence-corrected chi connectivity index (χ1v) is 15.6. The standard InChI is InChI=1S/C51H32O/c1-4-16-38-32(12-1)28-29-45-50-36(14-11-23-48(50)52-51(38)45)31-47-41-19-7-9-21-43(41)49(44-22-10-8-20-42(44)47)34-26-24-33(25-27-34)46-30-35-13-2-3-15-37(35)39-17-5-6-18-40(39)46/h1-30H,31H2/i1D,2D,3D,4D,5D,6D,7D,8D,9D,10D,11D,12D,13D,14D,15D,16D,17D,18D,19D,20D,21D,22D,23D,24D,25D,26D,27D,28D,29D,30D. The molecule has 1 aromatic heterocycles. The predicted molar refractivity (Wildman–Crippen MR) is 221 cm³/mol. The molecule has 10 aromatic carbocycles. The second-order valence-electron chi connectivity index (χ2n) is 11.6. The number of furan rings is 1. The molecule has 0 atom stereocenters. The molecule has 0 amide bonds. The SMILES string of the molecule is [2H]c1c([2H])c(-c2c([2H])c3c([2H])c([2H])c([2H])c([2H])c3c3c([2H])c([2H])c([2H])c([2H])c23)c([2H])c([2H])c1-c1c2c([2H])c([2H])c([2H])c([2H])c2c(Cc2c([2H])c([2H])c([2H])c3oc4c5c([2H])c([2H])c([2H])c([2H])c5c([2H])c([2H])c4c23)c2c([2H])c([2H])c([2H])c([2H])c12. The van der Waals surface area contributed by atoms with Crippen molar-refractivity contribution in [2.24, 2.45) is 0 Å². The maximum atomic E-state index is 9.74. The van der Waals surface area contributed by atoms with Gasteiger partial charge in [-0.2, -0.15) is 0 Å². The Kier molecular flexibility index (Phi) is 2.68. The van der Waals surface area contributed by atoms with E-state index in [2.05, 4.69) is 0 Å². The van der Waals surface area contributed by atoms with Crippen LogP contribution in [-0.4, -0.2) is 0 Å². The zero-order valence-electron chi connectivity index (χ0n) is 56.1. The molecule has 1 nitrogen and oxygen atoms in total. The lowest BCUT2D eigenvalue weighted by Gasteiger charge is -2.18. The van der Waals surface area contributed by atoms with E-state index >= 15 is 0 Å². The third kappa shape index (κ3) is 4.36. The maximum absolute atomic E-state index is 9.74. The first-order valence-electron chi connectivity index (χ1n) is 30.6. The van der Waals surface area contributed by atoms with Crippen LogP contribution in [0, 0.1) is 0 Å². The normalized spacial score (nSPS) is 20.0. The summed E-state index contributed by atoms with van der Waals surface area (Å²) in [4.78, 5) is 0. The number of rotatable bonds is 4. The Balaban J connectivity index is 1.33. The summed E-state index contributed by atoms with van der Waals surface area (Å²) in [6.45, 7) is 0. The fraction of sp³-hybridized carbons (Fsp3) is 0.0196. The lowest BCUT2D eigenvalue weighted by atomic mass is 9.85. The van der Waals surface area contributed by atoms with Gasteiger partial charge in [-0.3, -0.25) is 0 Å². The minimum Gasteiger partial charge on any atom is -0.455 e. The summed E-state index contributed by atoms with van der Waals surface area (Å²) in [5, 5.41) is -6.51. The van der Waals surface area contributed by atoms with Gasteiger partial charge in [0.1, 0.15) is 11.2 Å². The molecule has 0 aliphatic rings. The summed E-state index contributed by atoms with van der Waals surface area (Å²) >= 11 is 0. The second-order valence-corrected chi connectivity index (χ2v) is 11.6. The summed E-state index contributed by atoms with van der Waals surface area (Å²) in [6.07, 6.45) is -0.897. The van der Waals surface area contributed by atoms with Crippen LogP contribution in [0.2, 0.25) is 0 Å². The highest BCUT2D eigenvalue weighted by molar-refractivity contribution is 6.18. The molecule has 11 rings (SSSR count). The van der Waals surface area contributed by atoms with E-state index < -0.39 is 291 Å². The van der Waals surface area contributed by atoms with E-state index in [1.165, 1.54) is 0 Å². The van der Waals surface area contributed by atoms with Gasteiger partial charge in [0.05, 0.1) is 41.1 Å². The third-order valence-electron chi connectivity index (χ3n) is 8.91. The van der Waals surface area contributed by atoms with Gasteiger partial charge in [-0.25, -0.2) is 0 Å². The quantitative estimate of drug-likeness (QED) is 0.132. The lowest BCUT2D eigenvalue weighted by molar-refractivity contribution is 0.672. The summed E-state index contributed by atoms with van der Waals surface area (Å²) in [6, 6.07) is -26.7. The van der Waals surface area contributed by atoms with E-state index in [1.54, 1.807) is 0 Å². The average Bonchev–Trinajstić information content (AvgIpc) is 1.09. The number of hydrogen-bond donors (Lipinski definition) is 0. The minimum atomic E-state index is -1.11. The number of benzene rings is 10. The van der Waals surface area contributed by atoms with Crippen LogP contribution in [0.15, 0.2) is 186 Å². The Labute approximate surface area is 343 Å². The monoisotopic (exact) mass is 690 g/mol. The van der Waals surface area contributed by atoms with E-state index in [1.807, 2.05) is 0 Å². The number of hydrogen-bond acceptors (Lipinski definition) is 1. The van der Waals surface area contributed by atoms with Gasteiger partial charge >= 0.3 is 0 Å². The molecule has 0 radical (unpaired) electrons. The molecule has 0 aliphatic carbocycles. The molecule has 1 heteroatoms. The van der Waals surface area contributed by atoms with E-state index in [0.29, 0.717) is 0 Å². The molecule has 0 N–H and O–H groups in total. The van der Waals surface area contributed by atoms with E-state index in [9.17, 15) is 15.1 Å². The fourth-order valence-electron chi connectivity index (χ4n) is 6.69. The van der Waals surface area contributed by atoms with Crippen molar-refractivity contribution in [1.29, 1.82) is 0 Å². The Hall–Kier alpha value is -6.70. The van der Waals surface area contributed by atoms with Gasteiger partial charge < -0.3 is 4.42 Å². The largest absolute Gasteiger partial charge is 0.455 e. The van der Waals surface area contributed by atoms with Crippen LogP contribution in [0.25, 0.3) is 98.1 Å². The van der Waals surface area contributed by atoms with Crippen LogP contribution < -0.4 is 0 Å². The minimum absolute atomic E-state index is 0.355. The molecule has 0 saturated carbocycles. The van der Waals surface area contributed by atoms with Gasteiger partial charge in [-0.15, -0.1) is 0 Å². The zero-order valence-corrected chi connectivity index (χ0v) is 26.1. The van der Waals surface area contributed by atoms with Crippen molar-refractivity contribution in [1.82, 2.24) is 0 Å². The predicted octanol–water partition coefficient (Wildman–Crippen LogP) is 14.3. The maximum Gasteiger partial charge on any atom is 0.143 e. The molecule has 0 unspecified atom stereocenters. The van der Waals surface area contributed by atoms with Gasteiger partial charge in [-0.1, -0.05) is 163 Å². The van der Waals surface area contributed by atoms with Crippen LogP contribution in [0.3, 0.4) is 0 Å². The number of fused-ring (bicyclic) bond motifs is 10. The smallest absolute Gasteiger partial charge is 0.143 e. The van der Waals surface area contributed by atoms with Crippen molar-refractivity contribution in [3.63, 3.8) is 0 Å². The fourth-order valence-corrected chi connectivity index (χ4v) is 6.69.